The third-order valence-electron chi connectivity index (χ3n) is 3.30. The zero-order valence-electron chi connectivity index (χ0n) is 11.0. The van der Waals surface area contributed by atoms with Gasteiger partial charge in [-0.05, 0) is 31.0 Å². The Morgan fingerprint density at radius 1 is 1.50 bits per heavy atom. The number of amides is 1. The molecule has 1 N–H and O–H groups in total. The van der Waals surface area contributed by atoms with Crippen molar-refractivity contribution in [2.75, 3.05) is 6.54 Å². The van der Waals surface area contributed by atoms with Gasteiger partial charge >= 0.3 is 5.97 Å². The summed E-state index contributed by atoms with van der Waals surface area (Å²) in [5, 5.41) is 9.17. The molecule has 0 saturated heterocycles. The summed E-state index contributed by atoms with van der Waals surface area (Å²) in [6.45, 7) is 1.62. The second-order valence-electron chi connectivity index (χ2n) is 5.05. The van der Waals surface area contributed by atoms with Gasteiger partial charge in [0, 0.05) is 17.6 Å². The van der Waals surface area contributed by atoms with Crippen LogP contribution in [0.15, 0.2) is 18.2 Å². The Balaban J connectivity index is 2.20. The lowest BCUT2D eigenvalue weighted by Gasteiger charge is -2.24. The second kappa shape index (κ2) is 5.79. The number of carboxylic acid groups (broad SMARTS) is 1. The van der Waals surface area contributed by atoms with Gasteiger partial charge in [-0.3, -0.25) is 9.59 Å². The number of rotatable bonds is 5. The van der Waals surface area contributed by atoms with Crippen LogP contribution in [0.3, 0.4) is 0 Å². The number of carbonyl (C=O) groups is 2. The summed E-state index contributed by atoms with van der Waals surface area (Å²) in [5.74, 6) is -2.82. The second-order valence-corrected chi connectivity index (χ2v) is 5.49. The smallest absolute Gasteiger partial charge is 0.308 e. The first-order valence-corrected chi connectivity index (χ1v) is 6.76. The van der Waals surface area contributed by atoms with E-state index in [9.17, 15) is 14.0 Å². The Kier molecular flexibility index (Phi) is 4.28. The van der Waals surface area contributed by atoms with Crippen molar-refractivity contribution in [2.45, 2.75) is 25.8 Å². The Morgan fingerprint density at radius 2 is 2.15 bits per heavy atom. The summed E-state index contributed by atoms with van der Waals surface area (Å²) in [6, 6.07) is 3.88. The minimum atomic E-state index is -0.972. The highest BCUT2D eigenvalue weighted by atomic mass is 35.5. The highest BCUT2D eigenvalue weighted by Crippen LogP contribution is 2.30. The molecule has 1 aliphatic carbocycles. The molecule has 0 aromatic heterocycles. The van der Waals surface area contributed by atoms with Crippen molar-refractivity contribution in [3.63, 3.8) is 0 Å². The molecule has 0 unspecified atom stereocenters. The fraction of sp³-hybridized carbons (Fsp3) is 0.429. The first-order chi connectivity index (χ1) is 9.40. The highest BCUT2D eigenvalue weighted by molar-refractivity contribution is 6.30. The molecule has 0 radical (unpaired) electrons. The molecule has 1 atom stereocenters. The van der Waals surface area contributed by atoms with Gasteiger partial charge in [0.15, 0.2) is 0 Å². The van der Waals surface area contributed by atoms with Crippen LogP contribution in [0.1, 0.15) is 30.1 Å². The molecule has 0 spiro atoms. The summed E-state index contributed by atoms with van der Waals surface area (Å²) in [7, 11) is 0. The van der Waals surface area contributed by atoms with Gasteiger partial charge in [-0.1, -0.05) is 18.5 Å². The molecule has 1 saturated carbocycles. The van der Waals surface area contributed by atoms with E-state index in [1.165, 1.54) is 24.0 Å². The van der Waals surface area contributed by atoms with Gasteiger partial charge in [0.25, 0.3) is 5.91 Å². The summed E-state index contributed by atoms with van der Waals surface area (Å²) in [5.41, 5.74) is -0.0705. The number of carbonyl (C=O) groups excluding carboxylic acids is 1. The van der Waals surface area contributed by atoms with E-state index in [2.05, 4.69) is 0 Å². The molecular formula is C14H15ClFNO3. The minimum absolute atomic E-state index is 0.0133. The van der Waals surface area contributed by atoms with Crippen molar-refractivity contribution >= 4 is 23.5 Å². The van der Waals surface area contributed by atoms with E-state index in [4.69, 9.17) is 16.7 Å². The van der Waals surface area contributed by atoms with Crippen LogP contribution < -0.4 is 0 Å². The molecule has 1 fully saturated rings. The quantitative estimate of drug-likeness (QED) is 0.909. The maximum atomic E-state index is 13.8. The van der Waals surface area contributed by atoms with Crippen LogP contribution in [0, 0.1) is 11.7 Å². The number of benzene rings is 1. The van der Waals surface area contributed by atoms with Gasteiger partial charge in [0.1, 0.15) is 5.82 Å². The average molecular weight is 300 g/mol. The maximum absolute atomic E-state index is 13.8. The SMILES string of the molecule is C[C@H](CN(C(=O)c1ccc(Cl)cc1F)C1CC1)C(=O)O. The van der Waals surface area contributed by atoms with Gasteiger partial charge in [0.05, 0.1) is 11.5 Å². The molecule has 0 heterocycles. The molecule has 2 rings (SSSR count). The molecule has 20 heavy (non-hydrogen) atoms. The number of hydrogen-bond acceptors (Lipinski definition) is 2. The van der Waals surface area contributed by atoms with Crippen LogP contribution in [0.2, 0.25) is 5.02 Å². The summed E-state index contributed by atoms with van der Waals surface area (Å²) in [6.07, 6.45) is 1.65. The molecule has 1 aromatic rings. The van der Waals surface area contributed by atoms with Crippen molar-refractivity contribution in [3.8, 4) is 0 Å². The summed E-state index contributed by atoms with van der Waals surface area (Å²) >= 11 is 5.66. The van der Waals surface area contributed by atoms with Crippen LogP contribution in [0.25, 0.3) is 0 Å². The van der Waals surface area contributed by atoms with E-state index in [1.54, 1.807) is 0 Å². The van der Waals surface area contributed by atoms with Gasteiger partial charge < -0.3 is 10.0 Å². The maximum Gasteiger partial charge on any atom is 0.308 e. The molecule has 4 nitrogen and oxygen atoms in total. The Bertz CT molecular complexity index is 545. The number of halogens is 2. The lowest BCUT2D eigenvalue weighted by atomic mass is 10.1. The van der Waals surface area contributed by atoms with Crippen molar-refractivity contribution in [3.05, 3.63) is 34.6 Å². The lowest BCUT2D eigenvalue weighted by molar-refractivity contribution is -0.141. The van der Waals surface area contributed by atoms with Crippen molar-refractivity contribution in [2.24, 2.45) is 5.92 Å². The van der Waals surface area contributed by atoms with Crippen LogP contribution in [0.5, 0.6) is 0 Å². The molecule has 0 aliphatic heterocycles. The minimum Gasteiger partial charge on any atom is -0.481 e. The average Bonchev–Trinajstić information content (AvgIpc) is 3.19. The number of nitrogens with zero attached hydrogens (tertiary/aromatic N) is 1. The van der Waals surface area contributed by atoms with E-state index in [1.807, 2.05) is 0 Å². The molecule has 108 valence electrons. The van der Waals surface area contributed by atoms with Crippen LogP contribution in [0.4, 0.5) is 4.39 Å². The normalized spacial score (nSPS) is 15.8. The van der Waals surface area contributed by atoms with Gasteiger partial charge in [-0.15, -0.1) is 0 Å². The monoisotopic (exact) mass is 299 g/mol. The third-order valence-corrected chi connectivity index (χ3v) is 3.54. The van der Waals surface area contributed by atoms with E-state index < -0.39 is 23.6 Å². The molecule has 1 aromatic carbocycles. The Morgan fingerprint density at radius 3 is 2.65 bits per heavy atom. The first kappa shape index (κ1) is 14.8. The van der Waals surface area contributed by atoms with Gasteiger partial charge in [-0.2, -0.15) is 0 Å². The van der Waals surface area contributed by atoms with Crippen molar-refractivity contribution in [1.29, 1.82) is 0 Å². The predicted octanol–water partition coefficient (Wildman–Crippen LogP) is 2.80. The molecule has 1 aliphatic rings. The highest BCUT2D eigenvalue weighted by Gasteiger charge is 2.35. The zero-order chi connectivity index (χ0) is 14.9. The van der Waals surface area contributed by atoms with E-state index in [-0.39, 0.29) is 23.2 Å². The number of aliphatic carboxylic acids is 1. The molecule has 1 amide bonds. The van der Waals surface area contributed by atoms with Gasteiger partial charge in [-0.25, -0.2) is 4.39 Å². The molecule has 0 bridgehead atoms. The lowest BCUT2D eigenvalue weighted by Crippen LogP contribution is -2.39. The summed E-state index contributed by atoms with van der Waals surface area (Å²) in [4.78, 5) is 24.7. The molecular weight excluding hydrogens is 285 g/mol. The standard InChI is InChI=1S/C14H15ClFNO3/c1-8(14(19)20)7-17(10-3-4-10)13(18)11-5-2-9(15)6-12(11)16/h2,5-6,8,10H,3-4,7H2,1H3,(H,19,20)/t8-/m1/s1. The first-order valence-electron chi connectivity index (χ1n) is 6.39. The fourth-order valence-corrected chi connectivity index (χ4v) is 2.13. The number of hydrogen-bond donors (Lipinski definition) is 1. The predicted molar refractivity (Wildman–Crippen MR) is 72.3 cm³/mol. The van der Waals surface area contributed by atoms with Crippen molar-refractivity contribution < 1.29 is 19.1 Å². The van der Waals surface area contributed by atoms with Crippen LogP contribution in [-0.4, -0.2) is 34.5 Å². The zero-order valence-corrected chi connectivity index (χ0v) is 11.7. The van der Waals surface area contributed by atoms with Crippen LogP contribution >= 0.6 is 11.6 Å². The Labute approximate surface area is 121 Å². The van der Waals surface area contributed by atoms with Crippen molar-refractivity contribution in [1.82, 2.24) is 4.90 Å². The third kappa shape index (κ3) is 3.28. The van der Waals surface area contributed by atoms with Gasteiger partial charge in [0.2, 0.25) is 0 Å². The molecule has 6 heteroatoms. The summed E-state index contributed by atoms with van der Waals surface area (Å²) < 4.78 is 13.8. The fourth-order valence-electron chi connectivity index (χ4n) is 1.97. The topological polar surface area (TPSA) is 57.6 Å². The van der Waals surface area contributed by atoms with Crippen LogP contribution in [-0.2, 0) is 4.79 Å². The Hall–Kier alpha value is -1.62. The number of carboxylic acids is 1. The largest absolute Gasteiger partial charge is 0.481 e. The van der Waals surface area contributed by atoms with E-state index in [0.717, 1.165) is 18.9 Å². The van der Waals surface area contributed by atoms with E-state index >= 15 is 0 Å². The van der Waals surface area contributed by atoms with E-state index in [0.29, 0.717) is 0 Å².